The molecule has 3 rings (SSSR count). The Bertz CT molecular complexity index is 981. The Kier molecular flexibility index (Phi) is 7.79. The average Bonchev–Trinajstić information content (AvgIpc) is 3.34. The number of carbonyl (C=O) groups excluding carboxylic acids is 1. The minimum Gasteiger partial charge on any atom is -0.507 e. The molecule has 0 unspecified atom stereocenters. The zero-order valence-corrected chi connectivity index (χ0v) is 23.3. The fraction of sp³-hybridized carbons (Fsp3) is 0.556. The van der Waals surface area contributed by atoms with Gasteiger partial charge in [-0.05, 0) is 46.7 Å². The lowest BCUT2D eigenvalue weighted by Gasteiger charge is -2.28. The van der Waals surface area contributed by atoms with E-state index in [4.69, 9.17) is 0 Å². The Morgan fingerprint density at radius 1 is 1.18 bits per heavy atom. The summed E-state index contributed by atoms with van der Waals surface area (Å²) in [6.07, 6.45) is 2.20. The number of hydrogen-bond acceptors (Lipinski definition) is 4. The minimum absolute atomic E-state index is 0.0572. The van der Waals surface area contributed by atoms with E-state index >= 15 is 0 Å². The summed E-state index contributed by atoms with van der Waals surface area (Å²) in [6, 6.07) is 8.02. The number of thiophene rings is 1. The molecule has 4 nitrogen and oxygen atoms in total. The Hall–Kier alpha value is -1.66. The molecule has 1 aromatic carbocycles. The molecule has 2 heterocycles. The first-order valence-electron chi connectivity index (χ1n) is 11.8. The molecule has 1 aliphatic rings. The number of phenols is 1. The third-order valence-electron chi connectivity index (χ3n) is 6.51. The maximum atomic E-state index is 13.6. The number of phenolic OH excluding ortho intramolecular Hbond substituents is 1. The van der Waals surface area contributed by atoms with E-state index in [0.29, 0.717) is 17.2 Å². The van der Waals surface area contributed by atoms with Crippen molar-refractivity contribution in [1.82, 2.24) is 4.90 Å². The van der Waals surface area contributed by atoms with Gasteiger partial charge in [-0.1, -0.05) is 61.0 Å². The lowest BCUT2D eigenvalue weighted by atomic mass is 9.78. The van der Waals surface area contributed by atoms with Crippen molar-refractivity contribution in [2.45, 2.75) is 78.1 Å². The number of rotatable bonds is 6. The maximum Gasteiger partial charge on any atom is 0.182 e. The second-order valence-corrected chi connectivity index (χ2v) is 12.5. The van der Waals surface area contributed by atoms with Crippen molar-refractivity contribution in [3.63, 3.8) is 0 Å². The van der Waals surface area contributed by atoms with Gasteiger partial charge in [0.25, 0.3) is 0 Å². The Balaban J connectivity index is 1.96. The molecule has 1 aromatic heterocycles. The van der Waals surface area contributed by atoms with E-state index in [2.05, 4.69) is 91.0 Å². The topological polar surface area (TPSA) is 52.9 Å². The smallest absolute Gasteiger partial charge is 0.182 e. The highest BCUT2D eigenvalue weighted by molar-refractivity contribution is 9.08. The van der Waals surface area contributed by atoms with Gasteiger partial charge in [-0.3, -0.25) is 4.79 Å². The molecular formula is C27H37BrN2O2S. The Morgan fingerprint density at radius 2 is 1.79 bits per heavy atom. The molecule has 2 aromatic rings. The number of carbonyl (C=O) groups is 1. The van der Waals surface area contributed by atoms with Crippen LogP contribution in [0.15, 0.2) is 33.7 Å². The van der Waals surface area contributed by atoms with Gasteiger partial charge in [0.1, 0.15) is 11.6 Å². The van der Waals surface area contributed by atoms with E-state index in [1.54, 1.807) is 11.3 Å². The number of Topliss-reactive ketones (excluding diaryl/α,β-unsaturated/α-hetero) is 1. The highest BCUT2D eigenvalue weighted by Gasteiger charge is 2.40. The molecule has 2 atom stereocenters. The lowest BCUT2D eigenvalue weighted by Crippen LogP contribution is -2.32. The van der Waals surface area contributed by atoms with Crippen molar-refractivity contribution >= 4 is 39.1 Å². The van der Waals surface area contributed by atoms with Crippen LogP contribution in [-0.4, -0.2) is 34.7 Å². The molecule has 1 saturated heterocycles. The molecule has 6 heteroatoms. The molecule has 0 amide bonds. The van der Waals surface area contributed by atoms with Crippen LogP contribution >= 0.6 is 27.5 Å². The van der Waals surface area contributed by atoms with Gasteiger partial charge < -0.3 is 10.0 Å². The van der Waals surface area contributed by atoms with Gasteiger partial charge in [0.2, 0.25) is 0 Å². The standard InChI is InChI=1S/C27H37BrN2O2S/c1-8-10-17-15-30(25(29-28)23(17)22-11-9-12-33-22)16-21(31)18-13-19(26(2,3)4)24(32)20(14-18)27(5,6)7/h9,11-14,17,23,32H,8,10,15-16H2,1-7H3/t17-,23-/m0/s1. The molecule has 1 fully saturated rings. The summed E-state index contributed by atoms with van der Waals surface area (Å²) in [5.74, 6) is 1.95. The molecule has 0 radical (unpaired) electrons. The summed E-state index contributed by atoms with van der Waals surface area (Å²) in [5.41, 5.74) is 1.74. The van der Waals surface area contributed by atoms with Gasteiger partial charge in [-0.15, -0.1) is 11.3 Å². The van der Waals surface area contributed by atoms with Crippen molar-refractivity contribution < 1.29 is 9.90 Å². The first-order chi connectivity index (χ1) is 15.4. The van der Waals surface area contributed by atoms with Crippen LogP contribution in [0.1, 0.15) is 93.6 Å². The monoisotopic (exact) mass is 532 g/mol. The highest BCUT2D eigenvalue weighted by Crippen LogP contribution is 2.42. The number of hydrogen-bond donors (Lipinski definition) is 1. The largest absolute Gasteiger partial charge is 0.507 e. The molecular weight excluding hydrogens is 496 g/mol. The number of nitrogens with zero attached hydrogens (tertiary/aromatic N) is 2. The molecule has 1 aliphatic heterocycles. The number of likely N-dealkylation sites (tertiary alicyclic amines) is 1. The van der Waals surface area contributed by atoms with Crippen LogP contribution in [0, 0.1) is 5.92 Å². The van der Waals surface area contributed by atoms with E-state index in [1.807, 2.05) is 12.1 Å². The molecule has 0 aliphatic carbocycles. The van der Waals surface area contributed by atoms with Crippen LogP contribution in [0.4, 0.5) is 0 Å². The molecule has 0 saturated carbocycles. The van der Waals surface area contributed by atoms with Gasteiger partial charge in [-0.25, -0.2) is 0 Å². The van der Waals surface area contributed by atoms with Gasteiger partial charge in [0.05, 0.1) is 28.6 Å². The Morgan fingerprint density at radius 3 is 2.24 bits per heavy atom. The number of benzene rings is 1. The van der Waals surface area contributed by atoms with Crippen molar-refractivity contribution in [3.05, 3.63) is 51.2 Å². The maximum absolute atomic E-state index is 13.6. The van der Waals surface area contributed by atoms with Crippen molar-refractivity contribution in [2.24, 2.45) is 9.94 Å². The Labute approximate surface area is 211 Å². The van der Waals surface area contributed by atoms with E-state index < -0.39 is 0 Å². The minimum atomic E-state index is -0.271. The van der Waals surface area contributed by atoms with Crippen LogP contribution < -0.4 is 0 Å². The van der Waals surface area contributed by atoms with Crippen molar-refractivity contribution in [3.8, 4) is 5.75 Å². The summed E-state index contributed by atoms with van der Waals surface area (Å²) in [5, 5.41) is 13.1. The molecule has 1 N–H and O–H groups in total. The second-order valence-electron chi connectivity index (χ2n) is 11.2. The van der Waals surface area contributed by atoms with Gasteiger partial charge in [-0.2, -0.15) is 4.02 Å². The average molecular weight is 534 g/mol. The predicted octanol–water partition coefficient (Wildman–Crippen LogP) is 7.46. The third kappa shape index (κ3) is 5.54. The number of aromatic hydroxyl groups is 1. The quantitative estimate of drug-likeness (QED) is 0.392. The van der Waals surface area contributed by atoms with E-state index in [1.165, 1.54) is 4.88 Å². The number of ketones is 1. The summed E-state index contributed by atoms with van der Waals surface area (Å²) in [4.78, 5) is 17.0. The number of halogens is 1. The van der Waals surface area contributed by atoms with Gasteiger partial charge in [0.15, 0.2) is 5.78 Å². The predicted molar refractivity (Wildman–Crippen MR) is 143 cm³/mol. The fourth-order valence-corrected chi connectivity index (χ4v) is 6.16. The summed E-state index contributed by atoms with van der Waals surface area (Å²) in [7, 11) is 0. The summed E-state index contributed by atoms with van der Waals surface area (Å²) >= 11 is 5.12. The van der Waals surface area contributed by atoms with E-state index in [-0.39, 0.29) is 29.1 Å². The van der Waals surface area contributed by atoms with Crippen molar-refractivity contribution in [2.75, 3.05) is 13.1 Å². The first-order valence-corrected chi connectivity index (χ1v) is 13.4. The third-order valence-corrected chi connectivity index (χ3v) is 7.83. The molecule has 180 valence electrons. The first kappa shape index (κ1) is 26.0. The van der Waals surface area contributed by atoms with Crippen LogP contribution in [0.5, 0.6) is 5.75 Å². The van der Waals surface area contributed by atoms with Crippen LogP contribution in [-0.2, 0) is 10.8 Å². The van der Waals surface area contributed by atoms with Gasteiger partial charge >= 0.3 is 0 Å². The number of amidine groups is 1. The molecule has 0 bridgehead atoms. The normalized spacial score (nSPS) is 20.6. The van der Waals surface area contributed by atoms with Crippen molar-refractivity contribution in [1.29, 1.82) is 0 Å². The van der Waals surface area contributed by atoms with E-state index in [9.17, 15) is 9.90 Å². The zero-order valence-electron chi connectivity index (χ0n) is 20.9. The lowest BCUT2D eigenvalue weighted by molar-refractivity contribution is 0.0963. The second kappa shape index (κ2) is 9.91. The van der Waals surface area contributed by atoms with Crippen LogP contribution in [0.3, 0.4) is 0 Å². The summed E-state index contributed by atoms with van der Waals surface area (Å²) < 4.78 is 4.48. The van der Waals surface area contributed by atoms with Crippen LogP contribution in [0.25, 0.3) is 0 Å². The molecule has 33 heavy (non-hydrogen) atoms. The zero-order chi connectivity index (χ0) is 24.6. The van der Waals surface area contributed by atoms with Gasteiger partial charge in [0, 0.05) is 28.1 Å². The highest BCUT2D eigenvalue weighted by atomic mass is 79.9. The SMILES string of the molecule is CCC[C@H]1CN(CC(=O)c2cc(C(C)(C)C)c(O)c(C(C)(C)C)c2)C(=NBr)[C@@H]1c1cccs1. The fourth-order valence-electron chi connectivity index (χ4n) is 4.80. The van der Waals surface area contributed by atoms with Crippen LogP contribution in [0.2, 0.25) is 0 Å². The summed E-state index contributed by atoms with van der Waals surface area (Å²) in [6.45, 7) is 15.7. The molecule has 0 spiro atoms. The van der Waals surface area contributed by atoms with E-state index in [0.717, 1.165) is 36.3 Å².